The lowest BCUT2D eigenvalue weighted by Crippen LogP contribution is -2.13. The average Bonchev–Trinajstić information content (AvgIpc) is 2.75. The van der Waals surface area contributed by atoms with Crippen LogP contribution < -0.4 is 5.32 Å². The number of benzene rings is 1. The minimum atomic E-state index is -0.515. The van der Waals surface area contributed by atoms with E-state index >= 15 is 0 Å². The van der Waals surface area contributed by atoms with Crippen molar-refractivity contribution in [3.05, 3.63) is 61.0 Å². The van der Waals surface area contributed by atoms with Gasteiger partial charge in [-0.05, 0) is 24.3 Å². The van der Waals surface area contributed by atoms with E-state index in [2.05, 4.69) is 5.32 Å². The number of hydrogen-bond donors (Lipinski definition) is 1. The minimum Gasteiger partial charge on any atom is -0.308 e. The fourth-order valence-corrected chi connectivity index (χ4v) is 2.70. The van der Waals surface area contributed by atoms with Gasteiger partial charge in [0.25, 0.3) is 5.69 Å². The molecule has 2 rings (SSSR count). The van der Waals surface area contributed by atoms with Crippen molar-refractivity contribution >= 4 is 28.6 Å². The molecule has 1 aromatic carbocycles. The Morgan fingerprint density at radius 2 is 2.11 bits per heavy atom. The number of halogens is 2. The Balaban J connectivity index is 2.02. The standard InChI is InChI=1S/C12H10ClFN2O2S/c13-12-4-2-10(19-12)7-15-6-8-5-9(14)1-3-11(8)16(17)18/h1-5,15H,6-7H2. The van der Waals surface area contributed by atoms with Crippen LogP contribution in [-0.2, 0) is 13.1 Å². The third-order valence-corrected chi connectivity index (χ3v) is 3.71. The Hall–Kier alpha value is -1.50. The van der Waals surface area contributed by atoms with Gasteiger partial charge in [-0.1, -0.05) is 11.6 Å². The van der Waals surface area contributed by atoms with Gasteiger partial charge in [0.15, 0.2) is 0 Å². The van der Waals surface area contributed by atoms with Crippen LogP contribution in [0.25, 0.3) is 0 Å². The van der Waals surface area contributed by atoms with Crippen molar-refractivity contribution in [2.45, 2.75) is 13.1 Å². The van der Waals surface area contributed by atoms with E-state index in [1.165, 1.54) is 23.5 Å². The number of hydrogen-bond acceptors (Lipinski definition) is 4. The highest BCUT2D eigenvalue weighted by Gasteiger charge is 2.13. The molecule has 2 aromatic rings. The van der Waals surface area contributed by atoms with E-state index in [0.29, 0.717) is 16.4 Å². The molecule has 0 fully saturated rings. The molecule has 4 nitrogen and oxygen atoms in total. The second kappa shape index (κ2) is 6.10. The van der Waals surface area contributed by atoms with Crippen molar-refractivity contribution in [3.63, 3.8) is 0 Å². The zero-order valence-corrected chi connectivity index (χ0v) is 11.3. The Kier molecular flexibility index (Phi) is 4.47. The van der Waals surface area contributed by atoms with E-state index in [1.54, 1.807) is 6.07 Å². The van der Waals surface area contributed by atoms with Crippen molar-refractivity contribution in [1.29, 1.82) is 0 Å². The number of nitro benzene ring substituents is 1. The van der Waals surface area contributed by atoms with Gasteiger partial charge in [-0.15, -0.1) is 11.3 Å². The molecular formula is C12H10ClFN2O2S. The van der Waals surface area contributed by atoms with Gasteiger partial charge in [-0.2, -0.15) is 0 Å². The molecule has 1 aromatic heterocycles. The molecule has 0 saturated heterocycles. The molecule has 0 spiro atoms. The summed E-state index contributed by atoms with van der Waals surface area (Å²) in [7, 11) is 0. The van der Waals surface area contributed by atoms with Crippen LogP contribution in [0.1, 0.15) is 10.4 Å². The first-order chi connectivity index (χ1) is 9.06. The summed E-state index contributed by atoms with van der Waals surface area (Å²) in [5, 5.41) is 13.8. The Morgan fingerprint density at radius 1 is 1.32 bits per heavy atom. The second-order valence-corrected chi connectivity index (χ2v) is 5.64. The second-order valence-electron chi connectivity index (χ2n) is 3.84. The van der Waals surface area contributed by atoms with E-state index in [9.17, 15) is 14.5 Å². The van der Waals surface area contributed by atoms with Gasteiger partial charge in [0.05, 0.1) is 9.26 Å². The highest BCUT2D eigenvalue weighted by Crippen LogP contribution is 2.22. The normalized spacial score (nSPS) is 10.6. The van der Waals surface area contributed by atoms with Crippen molar-refractivity contribution < 1.29 is 9.31 Å². The highest BCUT2D eigenvalue weighted by atomic mass is 35.5. The topological polar surface area (TPSA) is 55.2 Å². The van der Waals surface area contributed by atoms with Gasteiger partial charge >= 0.3 is 0 Å². The SMILES string of the molecule is O=[N+]([O-])c1ccc(F)cc1CNCc1ccc(Cl)s1. The van der Waals surface area contributed by atoms with E-state index in [0.717, 1.165) is 10.9 Å². The van der Waals surface area contributed by atoms with Gasteiger partial charge < -0.3 is 5.32 Å². The molecule has 0 aliphatic carbocycles. The summed E-state index contributed by atoms with van der Waals surface area (Å²) in [5.74, 6) is -0.485. The first-order valence-electron chi connectivity index (χ1n) is 5.44. The number of rotatable bonds is 5. The summed E-state index contributed by atoms with van der Waals surface area (Å²) in [5.41, 5.74) is 0.241. The predicted octanol–water partition coefficient (Wildman–Crippen LogP) is 3.74. The molecule has 7 heteroatoms. The first-order valence-corrected chi connectivity index (χ1v) is 6.63. The van der Waals surface area contributed by atoms with Gasteiger partial charge in [0, 0.05) is 29.6 Å². The van der Waals surface area contributed by atoms with Crippen LogP contribution in [0, 0.1) is 15.9 Å². The van der Waals surface area contributed by atoms with Crippen LogP contribution in [0.15, 0.2) is 30.3 Å². The molecule has 0 aliphatic rings. The summed E-state index contributed by atoms with van der Waals surface area (Å²) in [6, 6.07) is 7.09. The lowest BCUT2D eigenvalue weighted by atomic mass is 10.1. The molecule has 0 atom stereocenters. The predicted molar refractivity (Wildman–Crippen MR) is 72.9 cm³/mol. The van der Waals surface area contributed by atoms with Crippen LogP contribution >= 0.6 is 22.9 Å². The maximum atomic E-state index is 13.1. The molecular weight excluding hydrogens is 291 g/mol. The zero-order chi connectivity index (χ0) is 13.8. The van der Waals surface area contributed by atoms with Crippen LogP contribution in [0.2, 0.25) is 4.34 Å². The van der Waals surface area contributed by atoms with Crippen molar-refractivity contribution in [3.8, 4) is 0 Å². The van der Waals surface area contributed by atoms with Gasteiger partial charge in [0.2, 0.25) is 0 Å². The van der Waals surface area contributed by atoms with Crippen LogP contribution in [-0.4, -0.2) is 4.92 Å². The van der Waals surface area contributed by atoms with Crippen molar-refractivity contribution in [2.24, 2.45) is 0 Å². The molecule has 1 heterocycles. The van der Waals surface area contributed by atoms with E-state index in [-0.39, 0.29) is 12.2 Å². The summed E-state index contributed by atoms with van der Waals surface area (Å²) < 4.78 is 13.8. The Morgan fingerprint density at radius 3 is 2.74 bits per heavy atom. The van der Waals surface area contributed by atoms with E-state index < -0.39 is 10.7 Å². The third-order valence-electron chi connectivity index (χ3n) is 2.48. The van der Waals surface area contributed by atoms with Gasteiger partial charge in [-0.25, -0.2) is 4.39 Å². The molecule has 19 heavy (non-hydrogen) atoms. The summed E-state index contributed by atoms with van der Waals surface area (Å²) in [6.45, 7) is 0.759. The monoisotopic (exact) mass is 300 g/mol. The molecule has 0 saturated carbocycles. The summed E-state index contributed by atoms with van der Waals surface area (Å²) in [6.07, 6.45) is 0. The molecule has 0 aliphatic heterocycles. The molecule has 0 bridgehead atoms. The molecule has 0 amide bonds. The summed E-state index contributed by atoms with van der Waals surface area (Å²) >= 11 is 7.23. The third kappa shape index (κ3) is 3.73. The largest absolute Gasteiger partial charge is 0.308 e. The Bertz CT molecular complexity index is 603. The maximum Gasteiger partial charge on any atom is 0.274 e. The number of nitrogens with one attached hydrogen (secondary N) is 1. The fraction of sp³-hybridized carbons (Fsp3) is 0.167. The number of nitro groups is 1. The van der Waals surface area contributed by atoms with Crippen LogP contribution in [0.5, 0.6) is 0 Å². The quantitative estimate of drug-likeness (QED) is 0.676. The number of nitrogens with zero attached hydrogens (tertiary/aromatic N) is 1. The van der Waals surface area contributed by atoms with Gasteiger partial charge in [-0.3, -0.25) is 10.1 Å². The maximum absolute atomic E-state index is 13.1. The molecule has 1 N–H and O–H groups in total. The lowest BCUT2D eigenvalue weighted by molar-refractivity contribution is -0.385. The van der Waals surface area contributed by atoms with Crippen molar-refractivity contribution in [2.75, 3.05) is 0 Å². The minimum absolute atomic E-state index is 0.0851. The summed E-state index contributed by atoms with van der Waals surface area (Å²) in [4.78, 5) is 11.3. The molecule has 100 valence electrons. The number of thiophene rings is 1. The average molecular weight is 301 g/mol. The van der Waals surface area contributed by atoms with Crippen LogP contribution in [0.3, 0.4) is 0 Å². The van der Waals surface area contributed by atoms with Crippen molar-refractivity contribution in [1.82, 2.24) is 5.32 Å². The fourth-order valence-electron chi connectivity index (χ4n) is 1.64. The zero-order valence-electron chi connectivity index (χ0n) is 9.73. The van der Waals surface area contributed by atoms with Gasteiger partial charge in [0.1, 0.15) is 5.82 Å². The molecule has 0 unspecified atom stereocenters. The smallest absolute Gasteiger partial charge is 0.274 e. The lowest BCUT2D eigenvalue weighted by Gasteiger charge is -2.04. The molecule has 0 radical (unpaired) electrons. The van der Waals surface area contributed by atoms with E-state index in [1.807, 2.05) is 6.07 Å². The first kappa shape index (κ1) is 13.9. The highest BCUT2D eigenvalue weighted by molar-refractivity contribution is 7.16. The van der Waals surface area contributed by atoms with E-state index in [4.69, 9.17) is 11.6 Å². The van der Waals surface area contributed by atoms with Crippen LogP contribution in [0.4, 0.5) is 10.1 Å². The Labute approximate surface area is 118 Å².